The minimum absolute atomic E-state index is 0.510. The van der Waals surface area contributed by atoms with Gasteiger partial charge in [0.25, 0.3) is 0 Å². The van der Waals surface area contributed by atoms with Crippen molar-refractivity contribution >= 4 is 11.5 Å². The van der Waals surface area contributed by atoms with Crippen LogP contribution < -0.4 is 11.1 Å². The van der Waals surface area contributed by atoms with E-state index in [1.807, 2.05) is 18.3 Å². The molecule has 2 aromatic rings. The van der Waals surface area contributed by atoms with E-state index >= 15 is 0 Å². The van der Waals surface area contributed by atoms with E-state index in [1.165, 1.54) is 0 Å². The highest BCUT2D eigenvalue weighted by molar-refractivity contribution is 5.60. The topological polar surface area (TPSA) is 81.6 Å². The second kappa shape index (κ2) is 4.41. The van der Waals surface area contributed by atoms with Crippen molar-refractivity contribution in [3.63, 3.8) is 0 Å². The van der Waals surface area contributed by atoms with Gasteiger partial charge in [0, 0.05) is 18.9 Å². The van der Waals surface area contributed by atoms with E-state index in [0.717, 1.165) is 18.8 Å². The molecule has 6 nitrogen and oxygen atoms in total. The summed E-state index contributed by atoms with van der Waals surface area (Å²) in [5.74, 6) is 0.510. The summed E-state index contributed by atoms with van der Waals surface area (Å²) >= 11 is 0. The molecule has 0 aliphatic heterocycles. The van der Waals surface area contributed by atoms with Crippen molar-refractivity contribution in [2.45, 2.75) is 6.54 Å². The van der Waals surface area contributed by atoms with Crippen LogP contribution >= 0.6 is 0 Å². The molecule has 6 heteroatoms. The minimum atomic E-state index is 0.510. The van der Waals surface area contributed by atoms with Gasteiger partial charge in [0.15, 0.2) is 0 Å². The van der Waals surface area contributed by atoms with Crippen molar-refractivity contribution in [2.75, 3.05) is 17.6 Å². The lowest BCUT2D eigenvalue weighted by Gasteiger charge is -2.07. The largest absolute Gasteiger partial charge is 0.382 e. The fourth-order valence-corrected chi connectivity index (χ4v) is 1.22. The Morgan fingerprint density at radius 1 is 1.40 bits per heavy atom. The summed E-state index contributed by atoms with van der Waals surface area (Å²) in [4.78, 5) is 3.98. The van der Waals surface area contributed by atoms with E-state index in [2.05, 4.69) is 20.6 Å². The summed E-state index contributed by atoms with van der Waals surface area (Å²) in [7, 11) is 0. The third-order valence-corrected chi connectivity index (χ3v) is 1.97. The summed E-state index contributed by atoms with van der Waals surface area (Å²) in [6.45, 7) is 1.48. The standard InChI is InChI=1S/C9H12N6/c10-9-8(2-1-3-12-9)11-4-6-15-7-5-13-14-15/h1-3,5,7,11H,4,6H2,(H2,10,12). The van der Waals surface area contributed by atoms with Crippen LogP contribution in [0.2, 0.25) is 0 Å². The van der Waals surface area contributed by atoms with Crippen LogP contribution in [0.5, 0.6) is 0 Å². The first kappa shape index (κ1) is 9.45. The number of hydrogen-bond acceptors (Lipinski definition) is 5. The van der Waals surface area contributed by atoms with Crippen LogP contribution in [0.25, 0.3) is 0 Å². The van der Waals surface area contributed by atoms with Gasteiger partial charge in [0.2, 0.25) is 0 Å². The van der Waals surface area contributed by atoms with Gasteiger partial charge >= 0.3 is 0 Å². The van der Waals surface area contributed by atoms with Crippen LogP contribution in [0.3, 0.4) is 0 Å². The SMILES string of the molecule is Nc1ncccc1NCCn1ccnn1. The normalized spacial score (nSPS) is 10.1. The molecule has 3 N–H and O–H groups in total. The van der Waals surface area contributed by atoms with Crippen molar-refractivity contribution in [1.82, 2.24) is 20.0 Å². The number of rotatable bonds is 4. The van der Waals surface area contributed by atoms with Crippen LogP contribution in [-0.4, -0.2) is 26.5 Å². The number of nitrogens with one attached hydrogen (secondary N) is 1. The summed E-state index contributed by atoms with van der Waals surface area (Å²) in [6.07, 6.45) is 5.13. The molecule has 0 aliphatic rings. The van der Waals surface area contributed by atoms with Crippen molar-refractivity contribution < 1.29 is 0 Å². The van der Waals surface area contributed by atoms with E-state index in [1.54, 1.807) is 17.1 Å². The van der Waals surface area contributed by atoms with Gasteiger partial charge in [-0.1, -0.05) is 5.21 Å². The molecule has 0 bridgehead atoms. The Hall–Kier alpha value is -2.11. The van der Waals surface area contributed by atoms with Crippen molar-refractivity contribution in [2.24, 2.45) is 0 Å². The third-order valence-electron chi connectivity index (χ3n) is 1.97. The molecular weight excluding hydrogens is 192 g/mol. The number of nitrogens with zero attached hydrogens (tertiary/aromatic N) is 4. The van der Waals surface area contributed by atoms with Gasteiger partial charge in [0.1, 0.15) is 5.82 Å². The Bertz CT molecular complexity index is 410. The second-order valence-corrected chi connectivity index (χ2v) is 3.03. The fourth-order valence-electron chi connectivity index (χ4n) is 1.22. The number of nitrogens with two attached hydrogens (primary N) is 1. The van der Waals surface area contributed by atoms with Gasteiger partial charge in [0.05, 0.1) is 18.4 Å². The average molecular weight is 204 g/mol. The monoisotopic (exact) mass is 204 g/mol. The van der Waals surface area contributed by atoms with Crippen LogP contribution in [0.4, 0.5) is 11.5 Å². The van der Waals surface area contributed by atoms with Crippen LogP contribution in [0.15, 0.2) is 30.7 Å². The number of pyridine rings is 1. The Labute approximate surface area is 87.1 Å². The third kappa shape index (κ3) is 2.43. The van der Waals surface area contributed by atoms with E-state index < -0.39 is 0 Å². The Kier molecular flexibility index (Phi) is 2.77. The lowest BCUT2D eigenvalue weighted by Crippen LogP contribution is -2.12. The maximum absolute atomic E-state index is 5.67. The summed E-state index contributed by atoms with van der Waals surface area (Å²) in [6, 6.07) is 3.73. The molecule has 0 unspecified atom stereocenters. The fraction of sp³-hybridized carbons (Fsp3) is 0.222. The Morgan fingerprint density at radius 2 is 2.33 bits per heavy atom. The summed E-state index contributed by atoms with van der Waals surface area (Å²) < 4.78 is 1.75. The highest BCUT2D eigenvalue weighted by Gasteiger charge is 1.97. The average Bonchev–Trinajstić information content (AvgIpc) is 2.74. The molecule has 0 radical (unpaired) electrons. The molecule has 0 fully saturated rings. The van der Waals surface area contributed by atoms with Gasteiger partial charge < -0.3 is 11.1 Å². The summed E-state index contributed by atoms with van der Waals surface area (Å²) in [5, 5.41) is 10.7. The zero-order valence-electron chi connectivity index (χ0n) is 8.17. The highest BCUT2D eigenvalue weighted by Crippen LogP contribution is 2.12. The molecule has 0 saturated carbocycles. The van der Waals surface area contributed by atoms with Gasteiger partial charge in [-0.25, -0.2) is 4.98 Å². The molecule has 15 heavy (non-hydrogen) atoms. The first-order valence-electron chi connectivity index (χ1n) is 4.65. The maximum Gasteiger partial charge on any atom is 0.146 e. The molecule has 0 spiro atoms. The van der Waals surface area contributed by atoms with Crippen molar-refractivity contribution in [3.05, 3.63) is 30.7 Å². The van der Waals surface area contributed by atoms with E-state index in [9.17, 15) is 0 Å². The molecule has 0 saturated heterocycles. The van der Waals surface area contributed by atoms with Gasteiger partial charge in [-0.2, -0.15) is 0 Å². The predicted molar refractivity (Wildman–Crippen MR) is 57.2 cm³/mol. The molecule has 2 rings (SSSR count). The lowest BCUT2D eigenvalue weighted by molar-refractivity contribution is 0.609. The molecule has 0 amide bonds. The van der Waals surface area contributed by atoms with Gasteiger partial charge in [-0.3, -0.25) is 4.68 Å². The van der Waals surface area contributed by atoms with Crippen molar-refractivity contribution in [3.8, 4) is 0 Å². The minimum Gasteiger partial charge on any atom is -0.382 e. The predicted octanol–water partition coefficient (Wildman–Crippen LogP) is 0.367. The molecule has 2 aromatic heterocycles. The Morgan fingerprint density at radius 3 is 3.07 bits per heavy atom. The first-order valence-corrected chi connectivity index (χ1v) is 4.65. The number of anilines is 2. The van der Waals surface area contributed by atoms with Crippen LogP contribution in [0.1, 0.15) is 0 Å². The zero-order valence-corrected chi connectivity index (χ0v) is 8.17. The molecule has 0 aromatic carbocycles. The summed E-state index contributed by atoms with van der Waals surface area (Å²) in [5.41, 5.74) is 6.52. The quantitative estimate of drug-likeness (QED) is 0.751. The van der Waals surface area contributed by atoms with E-state index in [4.69, 9.17) is 5.73 Å². The molecule has 0 atom stereocenters. The maximum atomic E-state index is 5.67. The molecule has 0 aliphatic carbocycles. The molecular formula is C9H12N6. The highest BCUT2D eigenvalue weighted by atomic mass is 15.4. The van der Waals surface area contributed by atoms with Gasteiger partial charge in [-0.05, 0) is 12.1 Å². The van der Waals surface area contributed by atoms with E-state index in [0.29, 0.717) is 5.82 Å². The lowest BCUT2D eigenvalue weighted by atomic mass is 10.4. The number of hydrogen-bond donors (Lipinski definition) is 2. The van der Waals surface area contributed by atoms with Crippen LogP contribution in [-0.2, 0) is 6.54 Å². The molecule has 78 valence electrons. The first-order chi connectivity index (χ1) is 7.36. The second-order valence-electron chi connectivity index (χ2n) is 3.03. The molecule has 2 heterocycles. The zero-order chi connectivity index (χ0) is 10.5. The number of aromatic nitrogens is 4. The Balaban J connectivity index is 1.86. The van der Waals surface area contributed by atoms with Crippen LogP contribution in [0, 0.1) is 0 Å². The van der Waals surface area contributed by atoms with Gasteiger partial charge in [-0.15, -0.1) is 5.10 Å². The van der Waals surface area contributed by atoms with E-state index in [-0.39, 0.29) is 0 Å². The smallest absolute Gasteiger partial charge is 0.146 e. The van der Waals surface area contributed by atoms with Crippen molar-refractivity contribution in [1.29, 1.82) is 0 Å². The number of nitrogen functional groups attached to an aromatic ring is 1.